The van der Waals surface area contributed by atoms with Gasteiger partial charge in [-0.3, -0.25) is 19.0 Å². The number of azo groups is 2. The third kappa shape index (κ3) is 16.1. The first-order valence-electron chi connectivity index (χ1n) is 19.8. The van der Waals surface area contributed by atoms with Gasteiger partial charge in [0, 0.05) is 36.3 Å². The van der Waals surface area contributed by atoms with Crippen molar-refractivity contribution < 1.29 is 116 Å². The van der Waals surface area contributed by atoms with Gasteiger partial charge in [-0.25, -0.2) is 16.8 Å². The number of nitrogens with one attached hydrogen (secondary N) is 4. The van der Waals surface area contributed by atoms with Crippen LogP contribution in [0.5, 0.6) is 11.5 Å². The van der Waals surface area contributed by atoms with E-state index in [1.165, 1.54) is 36.4 Å². The molecular weight excluding hydrogens is 1030 g/mol. The molecule has 26 heteroatoms. The quantitative estimate of drug-likeness (QED) is 0.0372. The number of sulfonamides is 2. The minimum Gasteiger partial charge on any atom is -0.871 e. The number of benzene rings is 6. The van der Waals surface area contributed by atoms with Crippen molar-refractivity contribution in [2.45, 2.75) is 23.6 Å². The molecule has 0 bridgehead atoms. The van der Waals surface area contributed by atoms with Crippen LogP contribution in [-0.4, -0.2) is 40.3 Å². The van der Waals surface area contributed by atoms with Gasteiger partial charge in [-0.15, -0.1) is 10.2 Å². The van der Waals surface area contributed by atoms with Gasteiger partial charge < -0.3 is 50.9 Å². The van der Waals surface area contributed by atoms with Crippen LogP contribution < -0.4 is 80.3 Å². The van der Waals surface area contributed by atoms with Crippen LogP contribution in [-0.2, 0) is 46.4 Å². The number of para-hydroxylation sites is 4. The molecule has 0 atom stereocenters. The molecule has 0 aliphatic heterocycles. The molecule has 0 radical (unpaired) electrons. The van der Waals surface area contributed by atoms with Gasteiger partial charge in [0.15, 0.2) is 11.6 Å². The molecule has 0 unspecified atom stereocenters. The molecule has 4 N–H and O–H groups in total. The zero-order chi connectivity index (χ0) is 51.2. The number of carboxylic acid groups (broad SMARTS) is 2. The Kier molecular flexibility index (Phi) is 21.4. The first-order chi connectivity index (χ1) is 33.2. The fourth-order valence-corrected chi connectivity index (χ4v) is 7.77. The van der Waals surface area contributed by atoms with Crippen molar-refractivity contribution in [2.24, 2.45) is 20.5 Å². The molecule has 0 saturated carbocycles. The van der Waals surface area contributed by atoms with Gasteiger partial charge in [-0.05, 0) is 72.4 Å². The fraction of sp³-hybridized carbons (Fsp3) is 0.0435. The SMILES string of the molecule is CC(=O)/C(N=Nc1cc(S(=O)(=O)Nc2ccccc2C(=O)[O-])ccc1[O-])=C(\[O-])Nc1ccccc1.CC(=O)/C(N=Nc1cc(S(=O)(=O)Nc2ccccc2C(=O)[O-])ccc1[O-])=C(\[O-])Nc1ccccc1.[Co+3].[H+].[H+].[Na+]. The summed E-state index contributed by atoms with van der Waals surface area (Å²) in [6.45, 7) is 2.16. The second-order valence-electron chi connectivity index (χ2n) is 14.0. The van der Waals surface area contributed by atoms with Crippen LogP contribution in [0.25, 0.3) is 0 Å². The summed E-state index contributed by atoms with van der Waals surface area (Å²) in [5.74, 6) is -7.85. The van der Waals surface area contributed by atoms with Crippen LogP contribution in [0, 0.1) is 0 Å². The number of carbonyl (C=O) groups is 4. The van der Waals surface area contributed by atoms with Gasteiger partial charge in [0.05, 0.1) is 44.5 Å². The number of nitrogens with zero attached hydrogens (tertiary/aromatic N) is 4. The van der Waals surface area contributed by atoms with Crippen molar-refractivity contribution in [2.75, 3.05) is 20.1 Å². The van der Waals surface area contributed by atoms with Crippen molar-refractivity contribution in [1.82, 2.24) is 0 Å². The number of anilines is 4. The number of carboxylic acids is 2. The smallest absolute Gasteiger partial charge is 0.871 e. The minimum atomic E-state index is -4.36. The molecule has 0 aliphatic rings. The number of Topliss-reactive ketones (excluding diaryl/α,β-unsaturated/α-hetero) is 2. The maximum atomic E-state index is 12.8. The van der Waals surface area contributed by atoms with E-state index in [2.05, 4.69) is 40.5 Å². The minimum absolute atomic E-state index is 0. The van der Waals surface area contributed by atoms with Gasteiger partial charge in [-0.2, -0.15) is 10.2 Å². The van der Waals surface area contributed by atoms with Crippen molar-refractivity contribution >= 4 is 77.7 Å². The molecule has 0 aromatic heterocycles. The average Bonchev–Trinajstić information content (AvgIpc) is 3.30. The summed E-state index contributed by atoms with van der Waals surface area (Å²) in [5.41, 5.74) is -2.62. The van der Waals surface area contributed by atoms with Crippen molar-refractivity contribution in [3.63, 3.8) is 0 Å². The predicted octanol–water partition coefficient (Wildman–Crippen LogP) is -0.296. The van der Waals surface area contributed by atoms with Crippen LogP contribution in [0.1, 0.15) is 37.4 Å². The Morgan fingerprint density at radius 1 is 0.486 bits per heavy atom. The Morgan fingerprint density at radius 3 is 1.12 bits per heavy atom. The number of hydrogen-bond donors (Lipinski definition) is 4. The number of allylic oxidation sites excluding steroid dienone is 2. The molecule has 0 spiro atoms. The fourth-order valence-electron chi connectivity index (χ4n) is 5.58. The number of hydrogen-bond acceptors (Lipinski definition) is 20. The van der Waals surface area contributed by atoms with E-state index in [4.69, 9.17) is 0 Å². The summed E-state index contributed by atoms with van der Waals surface area (Å²) in [6, 6.07) is 32.4. The van der Waals surface area contributed by atoms with Gasteiger partial charge >= 0.3 is 49.2 Å². The number of carbonyl (C=O) groups excluding carboxylic acids is 4. The number of ketones is 2. The molecule has 0 saturated heterocycles. The molecule has 72 heavy (non-hydrogen) atoms. The van der Waals surface area contributed by atoms with Crippen LogP contribution in [0.3, 0.4) is 0 Å². The van der Waals surface area contributed by atoms with E-state index in [1.54, 1.807) is 60.7 Å². The summed E-state index contributed by atoms with van der Waals surface area (Å²) in [7, 11) is -8.71. The summed E-state index contributed by atoms with van der Waals surface area (Å²) in [4.78, 5) is 45.4. The third-order valence-electron chi connectivity index (χ3n) is 8.94. The van der Waals surface area contributed by atoms with Crippen molar-refractivity contribution in [1.29, 1.82) is 0 Å². The number of aromatic carboxylic acids is 2. The number of rotatable bonds is 18. The van der Waals surface area contributed by atoms with E-state index in [9.17, 15) is 66.7 Å². The molecule has 366 valence electrons. The zero-order valence-electron chi connectivity index (χ0n) is 39.5. The Balaban J connectivity index is 0.000000702. The van der Waals surface area contributed by atoms with Crippen molar-refractivity contribution in [3.8, 4) is 11.5 Å². The monoisotopic (exact) mass is 1070 g/mol. The normalized spacial score (nSPS) is 11.8. The summed E-state index contributed by atoms with van der Waals surface area (Å²) in [5, 5.41) is 91.0. The maximum absolute atomic E-state index is 12.8. The van der Waals surface area contributed by atoms with Gasteiger partial charge in [0.25, 0.3) is 20.0 Å². The first kappa shape index (κ1) is 58.4. The maximum Gasteiger partial charge on any atom is 3.00 e. The molecule has 0 aliphatic carbocycles. The van der Waals surface area contributed by atoms with Gasteiger partial charge in [-0.1, -0.05) is 96.4 Å². The molecule has 6 aromatic carbocycles. The van der Waals surface area contributed by atoms with E-state index >= 15 is 0 Å². The van der Waals surface area contributed by atoms with E-state index < -0.39 is 99.4 Å². The standard InChI is InChI=1S/2C23H20N4O7S.Co.Na/c2*1-14(28)21(22(30)24-15-7-3-2-4-8-15)26-25-19-13-16(11-12-20(19)29)35(33,34)27-18-10-6-5-9-17(18)23(31)32;;/h2*2-13,24,27,29-30H,1H3,(H,31,32);;/q;;+3;+1/p-4/b2*22-21+,26-25?;;. The van der Waals surface area contributed by atoms with Gasteiger partial charge in [0.2, 0.25) is 0 Å². The molecule has 6 aromatic rings. The molecule has 0 amide bonds. The van der Waals surface area contributed by atoms with Gasteiger partial charge in [0.1, 0.15) is 11.4 Å². The van der Waals surface area contributed by atoms with Crippen LogP contribution in [0.4, 0.5) is 34.1 Å². The van der Waals surface area contributed by atoms with E-state index in [1.807, 2.05) is 0 Å². The van der Waals surface area contributed by atoms with Crippen LogP contribution in [0.2, 0.25) is 0 Å². The average molecular weight is 1070 g/mol. The summed E-state index contributed by atoms with van der Waals surface area (Å²) < 4.78 is 55.3. The topological polar surface area (TPSA) is 372 Å². The Hall–Kier alpha value is -7.91. The summed E-state index contributed by atoms with van der Waals surface area (Å²) in [6.07, 6.45) is 0. The van der Waals surface area contributed by atoms with Crippen LogP contribution in [0.15, 0.2) is 199 Å². The molecule has 6 rings (SSSR count). The third-order valence-corrected chi connectivity index (χ3v) is 11.7. The molecule has 0 fully saturated rings. The molecule has 22 nitrogen and oxygen atoms in total. The van der Waals surface area contributed by atoms with Crippen LogP contribution >= 0.6 is 0 Å². The van der Waals surface area contributed by atoms with E-state index in [0.717, 1.165) is 62.4 Å². The first-order valence-corrected chi connectivity index (χ1v) is 22.7. The predicted molar refractivity (Wildman–Crippen MR) is 242 cm³/mol. The van der Waals surface area contributed by atoms with Crippen molar-refractivity contribution in [3.05, 3.63) is 180 Å². The van der Waals surface area contributed by atoms with E-state index in [-0.39, 0.29) is 71.7 Å². The largest absolute Gasteiger partial charge is 3.00 e. The zero-order valence-corrected chi connectivity index (χ0v) is 42.2. The second kappa shape index (κ2) is 26.3. The Labute approximate surface area is 446 Å². The van der Waals surface area contributed by atoms with E-state index in [0.29, 0.717) is 11.4 Å². The second-order valence-corrected chi connectivity index (χ2v) is 17.4. The summed E-state index contributed by atoms with van der Waals surface area (Å²) >= 11 is 0. The Bertz CT molecular complexity index is 3120. The Morgan fingerprint density at radius 2 is 0.806 bits per heavy atom. The molecule has 0 heterocycles. The molecular formula is C46H36CoN8NaO14S2.